The van der Waals surface area contributed by atoms with E-state index in [-0.39, 0.29) is 16.1 Å². The molecule has 0 saturated carbocycles. The van der Waals surface area contributed by atoms with E-state index in [1.54, 1.807) is 19.1 Å². The number of nitrogens with one attached hydrogen (secondary N) is 2. The lowest BCUT2D eigenvalue weighted by Gasteiger charge is -2.12. The van der Waals surface area contributed by atoms with Gasteiger partial charge in [-0.2, -0.15) is 0 Å². The monoisotopic (exact) mass is 393 g/mol. The summed E-state index contributed by atoms with van der Waals surface area (Å²) in [6.45, 7) is 2.89. The van der Waals surface area contributed by atoms with Gasteiger partial charge >= 0.3 is 0 Å². The quantitative estimate of drug-likeness (QED) is 0.511. The zero-order valence-electron chi connectivity index (χ0n) is 14.2. The van der Waals surface area contributed by atoms with E-state index in [4.69, 9.17) is 5.73 Å². The Kier molecular flexibility index (Phi) is 6.27. The Bertz CT molecular complexity index is 895. The first-order valence-corrected chi connectivity index (χ1v) is 10.00. The topological polar surface area (TPSA) is 118 Å². The number of nitrogens with two attached hydrogens (primary N) is 1. The maximum absolute atomic E-state index is 12.3. The Morgan fingerprint density at radius 3 is 2.15 bits per heavy atom. The van der Waals surface area contributed by atoms with Gasteiger partial charge in [0.2, 0.25) is 11.8 Å². The molecule has 0 fully saturated rings. The molecule has 2 aromatic rings. The van der Waals surface area contributed by atoms with E-state index >= 15 is 0 Å². The molecule has 7 nitrogen and oxygen atoms in total. The molecule has 0 aliphatic carbocycles. The molecule has 0 heterocycles. The van der Waals surface area contributed by atoms with Crippen LogP contribution in [0.4, 0.5) is 11.4 Å². The second-order valence-corrected chi connectivity index (χ2v) is 8.60. The minimum atomic E-state index is -3.89. The molecule has 4 N–H and O–H groups in total. The van der Waals surface area contributed by atoms with Gasteiger partial charge in [0.25, 0.3) is 10.0 Å². The number of anilines is 2. The van der Waals surface area contributed by atoms with E-state index in [1.807, 2.05) is 16.9 Å². The maximum Gasteiger partial charge on any atom is 0.264 e. The van der Waals surface area contributed by atoms with Crippen LogP contribution >= 0.6 is 11.8 Å². The van der Waals surface area contributed by atoms with Crippen molar-refractivity contribution in [2.75, 3.05) is 11.1 Å². The molecular formula is C17H19N3O4S2. The Morgan fingerprint density at radius 2 is 1.62 bits per heavy atom. The van der Waals surface area contributed by atoms with Crippen molar-refractivity contribution in [2.45, 2.75) is 28.9 Å². The van der Waals surface area contributed by atoms with Crippen LogP contribution in [0.25, 0.3) is 0 Å². The standard InChI is InChI=1S/C17H19N3O4S2/c1-11(25-15-7-3-13(18)4-8-15)17(22)19-14-5-9-16(10-6-14)26(23,24)20-12(2)21/h3-11H,18H2,1-2H3,(H,19,22)(H,20,21). The van der Waals surface area contributed by atoms with Gasteiger partial charge in [0.05, 0.1) is 10.1 Å². The first-order valence-electron chi connectivity index (χ1n) is 7.64. The number of thioether (sulfide) groups is 1. The first-order chi connectivity index (χ1) is 12.2. The first kappa shape index (κ1) is 19.8. The van der Waals surface area contributed by atoms with Crippen LogP contribution < -0.4 is 15.8 Å². The lowest BCUT2D eigenvalue weighted by atomic mass is 10.3. The summed E-state index contributed by atoms with van der Waals surface area (Å²) < 4.78 is 25.6. The molecule has 9 heteroatoms. The van der Waals surface area contributed by atoms with Crippen LogP contribution in [-0.2, 0) is 19.6 Å². The summed E-state index contributed by atoms with van der Waals surface area (Å²) >= 11 is 1.38. The van der Waals surface area contributed by atoms with Crippen LogP contribution in [-0.4, -0.2) is 25.5 Å². The summed E-state index contributed by atoms with van der Waals surface area (Å²) in [7, 11) is -3.89. The second kappa shape index (κ2) is 8.24. The van der Waals surface area contributed by atoms with Gasteiger partial charge in [-0.1, -0.05) is 0 Å². The highest BCUT2D eigenvalue weighted by Gasteiger charge is 2.17. The number of rotatable bonds is 6. The number of sulfonamides is 1. The van der Waals surface area contributed by atoms with Gasteiger partial charge in [-0.25, -0.2) is 13.1 Å². The number of nitrogen functional groups attached to an aromatic ring is 1. The summed E-state index contributed by atoms with van der Waals surface area (Å²) in [5.41, 5.74) is 6.75. The van der Waals surface area contributed by atoms with E-state index in [2.05, 4.69) is 5.32 Å². The van der Waals surface area contributed by atoms with E-state index in [0.29, 0.717) is 11.4 Å². The SMILES string of the molecule is CC(=O)NS(=O)(=O)c1ccc(NC(=O)C(C)Sc2ccc(N)cc2)cc1. The smallest absolute Gasteiger partial charge is 0.264 e. The zero-order chi connectivity index (χ0) is 19.3. The molecule has 0 aromatic heterocycles. The molecule has 0 saturated heterocycles. The Morgan fingerprint density at radius 1 is 1.04 bits per heavy atom. The molecule has 1 atom stereocenters. The maximum atomic E-state index is 12.3. The number of benzene rings is 2. The van der Waals surface area contributed by atoms with Gasteiger partial charge < -0.3 is 11.1 Å². The average molecular weight is 393 g/mol. The molecule has 1 unspecified atom stereocenters. The van der Waals surface area contributed by atoms with E-state index < -0.39 is 15.9 Å². The van der Waals surface area contributed by atoms with Crippen molar-refractivity contribution < 1.29 is 18.0 Å². The third-order valence-electron chi connectivity index (χ3n) is 3.27. The highest BCUT2D eigenvalue weighted by atomic mass is 32.2. The highest BCUT2D eigenvalue weighted by Crippen LogP contribution is 2.25. The largest absolute Gasteiger partial charge is 0.399 e. The number of hydrogen-bond acceptors (Lipinski definition) is 6. The van der Waals surface area contributed by atoms with Gasteiger partial charge in [0.1, 0.15) is 0 Å². The van der Waals surface area contributed by atoms with E-state index in [0.717, 1.165) is 11.8 Å². The van der Waals surface area contributed by atoms with Crippen molar-refractivity contribution in [2.24, 2.45) is 0 Å². The third-order valence-corrected chi connectivity index (χ3v) is 5.83. The zero-order valence-corrected chi connectivity index (χ0v) is 15.9. The molecule has 26 heavy (non-hydrogen) atoms. The molecule has 2 rings (SSSR count). The molecule has 138 valence electrons. The molecule has 2 amide bonds. The number of carbonyl (C=O) groups excluding carboxylic acids is 2. The fourth-order valence-corrected chi connectivity index (χ4v) is 3.87. The molecule has 0 aliphatic rings. The van der Waals surface area contributed by atoms with Crippen molar-refractivity contribution in [1.29, 1.82) is 0 Å². The molecule has 0 bridgehead atoms. The number of carbonyl (C=O) groups is 2. The van der Waals surface area contributed by atoms with Crippen LogP contribution in [0.15, 0.2) is 58.3 Å². The Labute approximate surface area is 156 Å². The fraction of sp³-hybridized carbons (Fsp3) is 0.176. The molecular weight excluding hydrogens is 374 g/mol. The van der Waals surface area contributed by atoms with Crippen LogP contribution in [0.3, 0.4) is 0 Å². The minimum absolute atomic E-state index is 0.0602. The van der Waals surface area contributed by atoms with Crippen LogP contribution in [0.5, 0.6) is 0 Å². The lowest BCUT2D eigenvalue weighted by molar-refractivity contribution is -0.117. The van der Waals surface area contributed by atoms with Gasteiger partial charge in [-0.3, -0.25) is 9.59 Å². The number of amides is 2. The highest BCUT2D eigenvalue weighted by molar-refractivity contribution is 8.00. The Hall–Kier alpha value is -2.52. The van der Waals surface area contributed by atoms with Crippen molar-refractivity contribution in [3.8, 4) is 0 Å². The van der Waals surface area contributed by atoms with Gasteiger partial charge in [-0.15, -0.1) is 11.8 Å². The summed E-state index contributed by atoms with van der Waals surface area (Å²) in [4.78, 5) is 24.1. The third kappa shape index (κ3) is 5.50. The fourth-order valence-electron chi connectivity index (χ4n) is 2.01. The normalized spacial score (nSPS) is 12.2. The van der Waals surface area contributed by atoms with Crippen molar-refractivity contribution in [3.05, 3.63) is 48.5 Å². The summed E-state index contributed by atoms with van der Waals surface area (Å²) in [5.74, 6) is -0.889. The molecule has 0 spiro atoms. The van der Waals surface area contributed by atoms with Crippen LogP contribution in [0.2, 0.25) is 0 Å². The summed E-state index contributed by atoms with van der Waals surface area (Å²) in [5, 5.41) is 2.37. The molecule has 0 radical (unpaired) electrons. The molecule has 0 aliphatic heterocycles. The molecule has 2 aromatic carbocycles. The van der Waals surface area contributed by atoms with Gasteiger partial charge in [0.15, 0.2) is 0 Å². The Balaban J connectivity index is 2.00. The predicted molar refractivity (Wildman–Crippen MR) is 102 cm³/mol. The summed E-state index contributed by atoms with van der Waals surface area (Å²) in [6, 6.07) is 12.8. The van der Waals surface area contributed by atoms with Crippen molar-refractivity contribution in [3.63, 3.8) is 0 Å². The van der Waals surface area contributed by atoms with Crippen molar-refractivity contribution >= 4 is 45.0 Å². The van der Waals surface area contributed by atoms with E-state index in [1.165, 1.54) is 36.0 Å². The van der Waals surface area contributed by atoms with Crippen LogP contribution in [0.1, 0.15) is 13.8 Å². The van der Waals surface area contributed by atoms with Crippen LogP contribution in [0, 0.1) is 0 Å². The van der Waals surface area contributed by atoms with Gasteiger partial charge in [-0.05, 0) is 55.5 Å². The minimum Gasteiger partial charge on any atom is -0.399 e. The van der Waals surface area contributed by atoms with E-state index in [9.17, 15) is 18.0 Å². The number of hydrogen-bond donors (Lipinski definition) is 3. The average Bonchev–Trinajstić information content (AvgIpc) is 2.56. The predicted octanol–water partition coefficient (Wildman–Crippen LogP) is 2.21. The second-order valence-electron chi connectivity index (χ2n) is 5.50. The summed E-state index contributed by atoms with van der Waals surface area (Å²) in [6.07, 6.45) is 0. The van der Waals surface area contributed by atoms with Crippen molar-refractivity contribution in [1.82, 2.24) is 4.72 Å². The lowest BCUT2D eigenvalue weighted by Crippen LogP contribution is -2.28. The van der Waals surface area contributed by atoms with Gasteiger partial charge in [0, 0.05) is 23.2 Å².